The van der Waals surface area contributed by atoms with E-state index >= 15 is 0 Å². The summed E-state index contributed by atoms with van der Waals surface area (Å²) in [6.07, 6.45) is 0.836. The highest BCUT2D eigenvalue weighted by atomic mass is 35.5. The van der Waals surface area contributed by atoms with Gasteiger partial charge in [-0.25, -0.2) is 0 Å². The summed E-state index contributed by atoms with van der Waals surface area (Å²) < 4.78 is 5.87. The molecule has 0 aliphatic carbocycles. The zero-order chi connectivity index (χ0) is 20.6. The molecule has 7 heteroatoms. The predicted molar refractivity (Wildman–Crippen MR) is 114 cm³/mol. The fourth-order valence-corrected chi connectivity index (χ4v) is 3.40. The average molecular weight is 416 g/mol. The molecule has 2 amide bonds. The molecule has 1 heterocycles. The first-order chi connectivity index (χ1) is 14.0. The molecule has 29 heavy (non-hydrogen) atoms. The lowest BCUT2D eigenvalue weighted by Gasteiger charge is -2.33. The fourth-order valence-electron chi connectivity index (χ4n) is 3.22. The molecule has 2 N–H and O–H groups in total. The van der Waals surface area contributed by atoms with Crippen molar-refractivity contribution in [3.8, 4) is 0 Å². The number of carbonyl (C=O) groups is 2. The number of halogens is 1. The van der Waals surface area contributed by atoms with Crippen LogP contribution in [0.2, 0.25) is 5.02 Å². The Morgan fingerprint density at radius 3 is 2.72 bits per heavy atom. The molecule has 1 aliphatic heterocycles. The molecule has 1 saturated heterocycles. The molecule has 2 aromatic rings. The van der Waals surface area contributed by atoms with Crippen LogP contribution in [0, 0.1) is 6.92 Å². The number of ether oxygens (including phenoxy) is 1. The van der Waals surface area contributed by atoms with Crippen LogP contribution in [0.15, 0.2) is 48.5 Å². The van der Waals surface area contributed by atoms with E-state index in [0.29, 0.717) is 23.9 Å². The van der Waals surface area contributed by atoms with Gasteiger partial charge in [0.05, 0.1) is 12.7 Å². The average Bonchev–Trinajstić information content (AvgIpc) is 2.74. The van der Waals surface area contributed by atoms with Crippen molar-refractivity contribution in [1.82, 2.24) is 10.2 Å². The van der Waals surface area contributed by atoms with E-state index in [0.717, 1.165) is 31.6 Å². The zero-order valence-corrected chi connectivity index (χ0v) is 17.2. The molecule has 6 nitrogen and oxygen atoms in total. The Labute approximate surface area is 176 Å². The maximum Gasteiger partial charge on any atom is 0.313 e. The molecule has 3 rings (SSSR count). The molecule has 0 radical (unpaired) electrons. The number of aryl methyl sites for hydroxylation is 1. The van der Waals surface area contributed by atoms with Gasteiger partial charge in [0.25, 0.3) is 0 Å². The fraction of sp³-hybridized carbons (Fsp3) is 0.364. The van der Waals surface area contributed by atoms with Crippen molar-refractivity contribution in [2.75, 3.05) is 38.1 Å². The van der Waals surface area contributed by atoms with Gasteiger partial charge >= 0.3 is 11.8 Å². The zero-order valence-electron chi connectivity index (χ0n) is 16.5. The van der Waals surface area contributed by atoms with Crippen LogP contribution in [-0.2, 0) is 14.3 Å². The molecule has 1 fully saturated rings. The molecule has 0 aromatic heterocycles. The molecular weight excluding hydrogens is 390 g/mol. The quantitative estimate of drug-likeness (QED) is 0.561. The monoisotopic (exact) mass is 415 g/mol. The first-order valence-electron chi connectivity index (χ1n) is 9.77. The molecule has 1 aliphatic rings. The van der Waals surface area contributed by atoms with E-state index < -0.39 is 11.8 Å². The molecule has 154 valence electrons. The first kappa shape index (κ1) is 21.3. The van der Waals surface area contributed by atoms with Gasteiger partial charge in [0, 0.05) is 36.9 Å². The minimum Gasteiger partial charge on any atom is -0.371 e. The van der Waals surface area contributed by atoms with Crippen molar-refractivity contribution in [3.05, 3.63) is 64.7 Å². The number of nitrogens with one attached hydrogen (secondary N) is 2. The van der Waals surface area contributed by atoms with Gasteiger partial charge in [0.1, 0.15) is 0 Å². The van der Waals surface area contributed by atoms with Gasteiger partial charge in [-0.15, -0.1) is 0 Å². The van der Waals surface area contributed by atoms with Crippen LogP contribution in [0.5, 0.6) is 0 Å². The maximum atomic E-state index is 12.0. The van der Waals surface area contributed by atoms with Gasteiger partial charge in [-0.3, -0.25) is 14.5 Å². The standard InChI is InChI=1S/C22H26ClN3O3/c1-16-8-9-18(14-19(16)23)25-22(28)21(27)24-10-5-11-26-12-13-29-20(15-26)17-6-3-2-4-7-17/h2-4,6-9,14,20H,5,10-13,15H2,1H3,(H,24,27)(H,25,28)/t20-/m0/s1. The molecular formula is C22H26ClN3O3. The second-order valence-corrected chi connectivity index (χ2v) is 7.51. The van der Waals surface area contributed by atoms with Crippen molar-refractivity contribution in [2.24, 2.45) is 0 Å². The summed E-state index contributed by atoms with van der Waals surface area (Å²) in [7, 11) is 0. The molecule has 0 unspecified atom stereocenters. The van der Waals surface area contributed by atoms with E-state index in [-0.39, 0.29) is 6.10 Å². The van der Waals surface area contributed by atoms with Crippen molar-refractivity contribution in [3.63, 3.8) is 0 Å². The van der Waals surface area contributed by atoms with E-state index in [1.165, 1.54) is 5.56 Å². The van der Waals surface area contributed by atoms with E-state index in [2.05, 4.69) is 27.7 Å². The van der Waals surface area contributed by atoms with Gasteiger partial charge in [-0.1, -0.05) is 48.0 Å². The molecule has 2 aromatic carbocycles. The van der Waals surface area contributed by atoms with Crippen LogP contribution in [0.1, 0.15) is 23.7 Å². The summed E-state index contributed by atoms with van der Waals surface area (Å²) in [4.78, 5) is 26.3. The summed E-state index contributed by atoms with van der Waals surface area (Å²) in [6, 6.07) is 15.3. The topological polar surface area (TPSA) is 70.7 Å². The smallest absolute Gasteiger partial charge is 0.313 e. The number of amides is 2. The lowest BCUT2D eigenvalue weighted by molar-refractivity contribution is -0.136. The van der Waals surface area contributed by atoms with Crippen LogP contribution in [-0.4, -0.2) is 49.5 Å². The first-order valence-corrected chi connectivity index (χ1v) is 10.1. The Bertz CT molecular complexity index is 844. The Morgan fingerprint density at radius 2 is 1.97 bits per heavy atom. The number of benzene rings is 2. The van der Waals surface area contributed by atoms with Gasteiger partial charge in [0.15, 0.2) is 0 Å². The number of hydrogen-bond donors (Lipinski definition) is 2. The van der Waals surface area contributed by atoms with Crippen molar-refractivity contribution >= 4 is 29.1 Å². The highest BCUT2D eigenvalue weighted by Crippen LogP contribution is 2.22. The van der Waals surface area contributed by atoms with Crippen LogP contribution >= 0.6 is 11.6 Å². The van der Waals surface area contributed by atoms with Crippen LogP contribution < -0.4 is 10.6 Å². The maximum absolute atomic E-state index is 12.0. The summed E-state index contributed by atoms with van der Waals surface area (Å²) in [5.41, 5.74) is 2.59. The van der Waals surface area contributed by atoms with E-state index in [1.54, 1.807) is 18.2 Å². The molecule has 0 bridgehead atoms. The van der Waals surface area contributed by atoms with Gasteiger partial charge in [-0.05, 0) is 36.6 Å². The van der Waals surface area contributed by atoms with E-state index in [4.69, 9.17) is 16.3 Å². The minimum absolute atomic E-state index is 0.0756. The van der Waals surface area contributed by atoms with Crippen molar-refractivity contribution in [1.29, 1.82) is 0 Å². The lowest BCUT2D eigenvalue weighted by Crippen LogP contribution is -2.41. The largest absolute Gasteiger partial charge is 0.371 e. The molecule has 1 atom stereocenters. The SMILES string of the molecule is Cc1ccc(NC(=O)C(=O)NCCCN2CCO[C@H](c3ccccc3)C2)cc1Cl. The summed E-state index contributed by atoms with van der Waals surface area (Å²) in [5.74, 6) is -1.34. The van der Waals surface area contributed by atoms with Crippen LogP contribution in [0.3, 0.4) is 0 Å². The Hall–Kier alpha value is -2.41. The van der Waals surface area contributed by atoms with E-state index in [1.807, 2.05) is 25.1 Å². The number of morpholine rings is 1. The highest BCUT2D eigenvalue weighted by Gasteiger charge is 2.21. The predicted octanol–water partition coefficient (Wildman–Crippen LogP) is 3.17. The van der Waals surface area contributed by atoms with Crippen molar-refractivity contribution < 1.29 is 14.3 Å². The molecule has 0 saturated carbocycles. The summed E-state index contributed by atoms with van der Waals surface area (Å²) >= 11 is 6.04. The highest BCUT2D eigenvalue weighted by molar-refractivity contribution is 6.39. The lowest BCUT2D eigenvalue weighted by atomic mass is 10.1. The minimum atomic E-state index is -0.694. The number of carbonyl (C=O) groups excluding carboxylic acids is 2. The van der Waals surface area contributed by atoms with Gasteiger partial charge in [-0.2, -0.15) is 0 Å². The Balaban J connectivity index is 1.37. The van der Waals surface area contributed by atoms with Gasteiger partial charge < -0.3 is 15.4 Å². The second kappa shape index (κ2) is 10.4. The third-order valence-corrected chi connectivity index (χ3v) is 5.30. The summed E-state index contributed by atoms with van der Waals surface area (Å²) in [6.45, 7) is 5.53. The van der Waals surface area contributed by atoms with Crippen LogP contribution in [0.25, 0.3) is 0 Å². The number of rotatable bonds is 6. The normalized spacial score (nSPS) is 17.0. The van der Waals surface area contributed by atoms with E-state index in [9.17, 15) is 9.59 Å². The third-order valence-electron chi connectivity index (χ3n) is 4.89. The summed E-state index contributed by atoms with van der Waals surface area (Å²) in [5, 5.41) is 5.77. The number of nitrogens with zero attached hydrogens (tertiary/aromatic N) is 1. The van der Waals surface area contributed by atoms with Crippen LogP contribution in [0.4, 0.5) is 5.69 Å². The Kier molecular flexibility index (Phi) is 7.63. The third kappa shape index (κ3) is 6.29. The Morgan fingerprint density at radius 1 is 1.17 bits per heavy atom. The van der Waals surface area contributed by atoms with Crippen molar-refractivity contribution in [2.45, 2.75) is 19.4 Å². The number of hydrogen-bond acceptors (Lipinski definition) is 4. The molecule has 0 spiro atoms. The number of anilines is 1. The second-order valence-electron chi connectivity index (χ2n) is 7.10. The van der Waals surface area contributed by atoms with Gasteiger partial charge in [0.2, 0.25) is 0 Å².